The van der Waals surface area contributed by atoms with Crippen LogP contribution in [0.25, 0.3) is 33.1 Å². The number of benzene rings is 3. The number of para-hydroxylation sites is 1. The van der Waals surface area contributed by atoms with E-state index in [1.54, 1.807) is 19.3 Å². The Hall–Kier alpha value is -4.26. The lowest BCUT2D eigenvalue weighted by Gasteiger charge is -2.27. The maximum atomic E-state index is 15.0. The lowest BCUT2D eigenvalue weighted by molar-refractivity contribution is -0.123. The number of hydrogen-bond donors (Lipinski definition) is 2. The summed E-state index contributed by atoms with van der Waals surface area (Å²) in [6.07, 6.45) is 3.79. The van der Waals surface area contributed by atoms with Gasteiger partial charge < -0.3 is 16.0 Å². The molecule has 0 aliphatic heterocycles. The number of primary amides is 1. The number of nitrogens with zero attached hydrogens (tertiary/aromatic N) is 3. The first-order valence-electron chi connectivity index (χ1n) is 12.0. The van der Waals surface area contributed by atoms with Gasteiger partial charge in [0.25, 0.3) is 0 Å². The molecule has 1 amide bonds. The first-order valence-corrected chi connectivity index (χ1v) is 12.0. The number of amides is 1. The number of unbranched alkanes of at least 4 members (excludes halogenated alkanes) is 1. The SMILES string of the molecule is CC(CCCCn1cnc2c(N)nc3ccccc3c21)(C(N)=O)c1ccc(-c2ccccc2)c(F)c1. The summed E-state index contributed by atoms with van der Waals surface area (Å²) in [6.45, 7) is 2.49. The van der Waals surface area contributed by atoms with Gasteiger partial charge in [-0.25, -0.2) is 14.4 Å². The number of anilines is 1. The topological polar surface area (TPSA) is 99.8 Å². The molecule has 0 aliphatic carbocycles. The van der Waals surface area contributed by atoms with Gasteiger partial charge in [-0.2, -0.15) is 0 Å². The summed E-state index contributed by atoms with van der Waals surface area (Å²) in [5, 5.41) is 0.996. The number of pyridine rings is 1. The lowest BCUT2D eigenvalue weighted by atomic mass is 9.77. The second kappa shape index (κ2) is 9.41. The van der Waals surface area contributed by atoms with E-state index in [2.05, 4.69) is 14.5 Å². The van der Waals surface area contributed by atoms with E-state index < -0.39 is 11.3 Å². The number of aromatic nitrogens is 3. The van der Waals surface area contributed by atoms with Gasteiger partial charge >= 0.3 is 0 Å². The number of hydrogen-bond acceptors (Lipinski definition) is 4. The maximum absolute atomic E-state index is 15.0. The third-order valence-electron chi connectivity index (χ3n) is 7.04. The first kappa shape index (κ1) is 23.5. The van der Waals surface area contributed by atoms with Crippen LogP contribution >= 0.6 is 0 Å². The van der Waals surface area contributed by atoms with Crippen molar-refractivity contribution in [3.63, 3.8) is 0 Å². The van der Waals surface area contributed by atoms with Gasteiger partial charge in [-0.3, -0.25) is 4.79 Å². The van der Waals surface area contributed by atoms with Crippen molar-refractivity contribution in [3.8, 4) is 11.1 Å². The van der Waals surface area contributed by atoms with E-state index in [1.165, 1.54) is 6.07 Å². The Kier molecular flexibility index (Phi) is 6.14. The molecule has 2 aromatic heterocycles. The molecule has 6 nitrogen and oxygen atoms in total. The molecule has 3 aromatic carbocycles. The monoisotopic (exact) mass is 481 g/mol. The van der Waals surface area contributed by atoms with Crippen molar-refractivity contribution in [2.45, 2.75) is 38.1 Å². The Morgan fingerprint density at radius 1 is 1.03 bits per heavy atom. The molecule has 0 saturated carbocycles. The van der Waals surface area contributed by atoms with E-state index in [9.17, 15) is 4.79 Å². The minimum Gasteiger partial charge on any atom is -0.382 e. The molecule has 1 unspecified atom stereocenters. The zero-order valence-corrected chi connectivity index (χ0v) is 20.1. The van der Waals surface area contributed by atoms with Crippen molar-refractivity contribution in [1.82, 2.24) is 14.5 Å². The summed E-state index contributed by atoms with van der Waals surface area (Å²) in [4.78, 5) is 21.5. The lowest BCUT2D eigenvalue weighted by Crippen LogP contribution is -2.38. The van der Waals surface area contributed by atoms with E-state index in [4.69, 9.17) is 11.5 Å². The molecule has 4 N–H and O–H groups in total. The number of halogens is 1. The van der Waals surface area contributed by atoms with E-state index in [-0.39, 0.29) is 5.82 Å². The van der Waals surface area contributed by atoms with E-state index in [1.807, 2.05) is 60.7 Å². The summed E-state index contributed by atoms with van der Waals surface area (Å²) >= 11 is 0. The highest BCUT2D eigenvalue weighted by Gasteiger charge is 2.33. The molecule has 36 heavy (non-hydrogen) atoms. The summed E-state index contributed by atoms with van der Waals surface area (Å²) in [7, 11) is 0. The standard InChI is InChI=1S/C29H28FN5O/c1-29(28(32)36,20-13-14-21(23(30)17-20)19-9-3-2-4-10-19)15-7-8-16-35-18-33-25-26(35)22-11-5-6-12-24(22)34-27(25)31/h2-6,9-14,17-18H,7-8,15-16H2,1H3,(H2,31,34)(H2,32,36). The molecule has 0 spiro atoms. The van der Waals surface area contributed by atoms with Crippen molar-refractivity contribution in [3.05, 3.63) is 90.5 Å². The zero-order chi connectivity index (χ0) is 25.3. The van der Waals surface area contributed by atoms with Gasteiger partial charge in [0.15, 0.2) is 5.82 Å². The van der Waals surface area contributed by atoms with E-state index >= 15 is 4.39 Å². The molecule has 2 heterocycles. The average molecular weight is 482 g/mol. The number of fused-ring (bicyclic) bond motifs is 3. The Morgan fingerprint density at radius 3 is 2.53 bits per heavy atom. The van der Waals surface area contributed by atoms with Crippen LogP contribution in [-0.4, -0.2) is 20.4 Å². The number of nitrogens with two attached hydrogens (primary N) is 2. The smallest absolute Gasteiger partial charge is 0.227 e. The van der Waals surface area contributed by atoms with Gasteiger partial charge in [0.05, 0.1) is 22.8 Å². The molecule has 1 atom stereocenters. The Labute approximate surface area is 208 Å². The van der Waals surface area contributed by atoms with Crippen molar-refractivity contribution in [1.29, 1.82) is 0 Å². The first-order chi connectivity index (χ1) is 17.4. The summed E-state index contributed by atoms with van der Waals surface area (Å²) in [5.41, 5.74) is 15.3. The third-order valence-corrected chi connectivity index (χ3v) is 7.04. The highest BCUT2D eigenvalue weighted by atomic mass is 19.1. The molecular weight excluding hydrogens is 453 g/mol. The largest absolute Gasteiger partial charge is 0.382 e. The fraction of sp³-hybridized carbons (Fsp3) is 0.207. The second-order valence-corrected chi connectivity index (χ2v) is 9.36. The number of rotatable bonds is 8. The predicted octanol–water partition coefficient (Wildman–Crippen LogP) is 5.59. The van der Waals surface area contributed by atoms with Crippen molar-refractivity contribution in [2.75, 3.05) is 5.73 Å². The van der Waals surface area contributed by atoms with Crippen LogP contribution in [0, 0.1) is 5.82 Å². The quantitative estimate of drug-likeness (QED) is 0.282. The van der Waals surface area contributed by atoms with Gasteiger partial charge in [0.2, 0.25) is 5.91 Å². The van der Waals surface area contributed by atoms with Crippen LogP contribution in [0.2, 0.25) is 0 Å². The molecule has 5 rings (SSSR count). The molecule has 0 aliphatic rings. The molecule has 0 saturated heterocycles. The van der Waals surface area contributed by atoms with Crippen LogP contribution in [0.15, 0.2) is 79.1 Å². The van der Waals surface area contributed by atoms with Crippen molar-refractivity contribution < 1.29 is 9.18 Å². The predicted molar refractivity (Wildman–Crippen MR) is 142 cm³/mol. The minimum atomic E-state index is -0.978. The van der Waals surface area contributed by atoms with Crippen LogP contribution in [-0.2, 0) is 16.8 Å². The van der Waals surface area contributed by atoms with Gasteiger partial charge in [-0.1, -0.05) is 67.1 Å². The number of carbonyl (C=O) groups is 1. The fourth-order valence-corrected chi connectivity index (χ4v) is 4.86. The van der Waals surface area contributed by atoms with Gasteiger partial charge in [0, 0.05) is 17.5 Å². The Bertz CT molecular complexity index is 1560. The number of aryl methyl sites for hydroxylation is 1. The maximum Gasteiger partial charge on any atom is 0.227 e. The average Bonchev–Trinajstić information content (AvgIpc) is 3.32. The van der Waals surface area contributed by atoms with E-state index in [0.717, 1.165) is 34.8 Å². The van der Waals surface area contributed by atoms with Crippen LogP contribution in [0.3, 0.4) is 0 Å². The molecule has 0 bridgehead atoms. The van der Waals surface area contributed by atoms with Gasteiger partial charge in [-0.15, -0.1) is 0 Å². The molecule has 7 heteroatoms. The molecule has 5 aromatic rings. The molecule has 182 valence electrons. The highest BCUT2D eigenvalue weighted by molar-refractivity contribution is 6.06. The third kappa shape index (κ3) is 4.17. The number of nitrogen functional groups attached to an aromatic ring is 1. The zero-order valence-electron chi connectivity index (χ0n) is 20.1. The molecular formula is C29H28FN5O. The number of carbonyl (C=O) groups excluding carboxylic acids is 1. The van der Waals surface area contributed by atoms with Gasteiger partial charge in [0.1, 0.15) is 11.3 Å². The van der Waals surface area contributed by atoms with Crippen LogP contribution in [0.5, 0.6) is 0 Å². The van der Waals surface area contributed by atoms with Crippen LogP contribution < -0.4 is 11.5 Å². The van der Waals surface area contributed by atoms with Gasteiger partial charge in [-0.05, 0) is 43.0 Å². The minimum absolute atomic E-state index is 0.367. The van der Waals surface area contributed by atoms with E-state index in [0.29, 0.717) is 35.4 Å². The number of imidazole rings is 1. The Morgan fingerprint density at radius 2 is 1.78 bits per heavy atom. The fourth-order valence-electron chi connectivity index (χ4n) is 4.86. The summed E-state index contributed by atoms with van der Waals surface area (Å²) < 4.78 is 17.1. The Balaban J connectivity index is 1.34. The van der Waals surface area contributed by atoms with Crippen LogP contribution in [0.4, 0.5) is 10.2 Å². The second-order valence-electron chi connectivity index (χ2n) is 9.36. The molecule has 0 radical (unpaired) electrons. The summed E-state index contributed by atoms with van der Waals surface area (Å²) in [6, 6.07) is 22.2. The van der Waals surface area contributed by atoms with Crippen molar-refractivity contribution in [2.24, 2.45) is 5.73 Å². The van der Waals surface area contributed by atoms with Crippen molar-refractivity contribution >= 4 is 33.7 Å². The van der Waals surface area contributed by atoms with Crippen LogP contribution in [0.1, 0.15) is 31.7 Å². The molecule has 0 fully saturated rings. The normalized spacial score (nSPS) is 13.2. The highest BCUT2D eigenvalue weighted by Crippen LogP contribution is 2.33. The summed E-state index contributed by atoms with van der Waals surface area (Å²) in [5.74, 6) is -0.425.